The van der Waals surface area contributed by atoms with Crippen LogP contribution in [0.5, 0.6) is 0 Å². The third kappa shape index (κ3) is 4.63. The Morgan fingerprint density at radius 1 is 1.47 bits per heavy atom. The van der Waals surface area contributed by atoms with Crippen LogP contribution in [0.2, 0.25) is 0 Å². The average molecular weight is 241 g/mol. The van der Waals surface area contributed by atoms with E-state index in [0.717, 1.165) is 6.54 Å². The number of nitrogens with one attached hydrogen (secondary N) is 2. The zero-order chi connectivity index (χ0) is 13.1. The minimum Gasteiger partial charge on any atom is -0.340 e. The van der Waals surface area contributed by atoms with Gasteiger partial charge in [-0.15, -0.1) is 0 Å². The van der Waals surface area contributed by atoms with E-state index in [-0.39, 0.29) is 23.4 Å². The molecular weight excluding hydrogens is 218 g/mol. The normalized spacial score (nSPS) is 20.6. The number of hydrogen-bond donors (Lipinski definition) is 2. The van der Waals surface area contributed by atoms with E-state index in [2.05, 4.69) is 31.4 Å². The van der Waals surface area contributed by atoms with Gasteiger partial charge < -0.3 is 15.5 Å². The van der Waals surface area contributed by atoms with Gasteiger partial charge in [-0.25, -0.2) is 4.79 Å². The van der Waals surface area contributed by atoms with Crippen LogP contribution in [0.15, 0.2) is 0 Å². The average Bonchev–Trinajstić information content (AvgIpc) is 2.44. The zero-order valence-electron chi connectivity index (χ0n) is 11.2. The van der Waals surface area contributed by atoms with Crippen molar-refractivity contribution >= 4 is 11.9 Å². The van der Waals surface area contributed by atoms with Gasteiger partial charge in [0.25, 0.3) is 0 Å². The van der Waals surface area contributed by atoms with Gasteiger partial charge in [0.05, 0.1) is 6.04 Å². The van der Waals surface area contributed by atoms with Crippen molar-refractivity contribution in [3.8, 4) is 0 Å². The predicted octanol–water partition coefficient (Wildman–Crippen LogP) is 0.952. The number of rotatable bonds is 3. The fourth-order valence-corrected chi connectivity index (χ4v) is 1.99. The van der Waals surface area contributed by atoms with E-state index in [1.54, 1.807) is 0 Å². The van der Waals surface area contributed by atoms with Gasteiger partial charge in [-0.3, -0.25) is 4.79 Å². The maximum Gasteiger partial charge on any atom is 0.315 e. The quantitative estimate of drug-likeness (QED) is 0.773. The fraction of sp³-hybridized carbons (Fsp3) is 0.833. The van der Waals surface area contributed by atoms with Crippen molar-refractivity contribution < 1.29 is 9.59 Å². The SMILES string of the molecule is CCNC(=O)N[C@@H]1CC(=O)N(CC(C)(C)C)C1. The lowest BCUT2D eigenvalue weighted by molar-refractivity contribution is -0.128. The molecule has 0 unspecified atom stereocenters. The monoisotopic (exact) mass is 241 g/mol. The molecule has 0 aliphatic carbocycles. The molecule has 2 N–H and O–H groups in total. The third-order valence-corrected chi connectivity index (χ3v) is 2.55. The molecule has 1 saturated heterocycles. The molecule has 3 amide bonds. The Morgan fingerprint density at radius 3 is 2.65 bits per heavy atom. The van der Waals surface area contributed by atoms with Crippen LogP contribution in [0.25, 0.3) is 0 Å². The van der Waals surface area contributed by atoms with E-state index in [1.807, 2.05) is 11.8 Å². The third-order valence-electron chi connectivity index (χ3n) is 2.55. The Labute approximate surface area is 103 Å². The molecule has 17 heavy (non-hydrogen) atoms. The van der Waals surface area contributed by atoms with Gasteiger partial charge in [0.15, 0.2) is 0 Å². The van der Waals surface area contributed by atoms with Crippen LogP contribution < -0.4 is 10.6 Å². The summed E-state index contributed by atoms with van der Waals surface area (Å²) in [6.07, 6.45) is 0.410. The number of hydrogen-bond acceptors (Lipinski definition) is 2. The van der Waals surface area contributed by atoms with E-state index in [0.29, 0.717) is 19.5 Å². The Balaban J connectivity index is 2.44. The Bertz CT molecular complexity index is 297. The first kappa shape index (κ1) is 13.8. The number of urea groups is 1. The van der Waals surface area contributed by atoms with Crippen molar-refractivity contribution in [2.45, 2.75) is 40.2 Å². The van der Waals surface area contributed by atoms with E-state index < -0.39 is 0 Å². The molecule has 1 aliphatic rings. The summed E-state index contributed by atoms with van der Waals surface area (Å²) in [6, 6.07) is -0.251. The van der Waals surface area contributed by atoms with Crippen molar-refractivity contribution in [2.75, 3.05) is 19.6 Å². The predicted molar refractivity (Wildman–Crippen MR) is 66.6 cm³/mol. The van der Waals surface area contributed by atoms with Gasteiger partial charge in [-0.2, -0.15) is 0 Å². The molecule has 1 rings (SSSR count). The Kier molecular flexibility index (Phi) is 4.37. The largest absolute Gasteiger partial charge is 0.340 e. The highest BCUT2D eigenvalue weighted by atomic mass is 16.2. The number of amides is 3. The Morgan fingerprint density at radius 2 is 2.12 bits per heavy atom. The maximum absolute atomic E-state index is 11.8. The minimum atomic E-state index is -0.192. The first-order valence-electron chi connectivity index (χ1n) is 6.14. The standard InChI is InChI=1S/C12H23N3O2/c1-5-13-11(17)14-9-6-10(16)15(7-9)8-12(2,3)4/h9H,5-8H2,1-4H3,(H2,13,14,17)/t9-/m1/s1. The number of carbonyl (C=O) groups is 2. The minimum absolute atomic E-state index is 0.0589. The van der Waals surface area contributed by atoms with Gasteiger partial charge >= 0.3 is 6.03 Å². The van der Waals surface area contributed by atoms with E-state index in [4.69, 9.17) is 0 Å². The highest BCUT2D eigenvalue weighted by Crippen LogP contribution is 2.20. The second-order valence-electron chi connectivity index (χ2n) is 5.74. The molecule has 5 nitrogen and oxygen atoms in total. The number of carbonyl (C=O) groups excluding carboxylic acids is 2. The molecule has 0 radical (unpaired) electrons. The van der Waals surface area contributed by atoms with Crippen LogP contribution in [-0.4, -0.2) is 42.5 Å². The molecule has 1 fully saturated rings. The number of likely N-dealkylation sites (tertiary alicyclic amines) is 1. The zero-order valence-corrected chi connectivity index (χ0v) is 11.2. The van der Waals surface area contributed by atoms with Crippen molar-refractivity contribution in [2.24, 2.45) is 5.41 Å². The van der Waals surface area contributed by atoms with Gasteiger partial charge in [0.1, 0.15) is 0 Å². The van der Waals surface area contributed by atoms with Crippen molar-refractivity contribution in [1.29, 1.82) is 0 Å². The molecule has 0 aromatic rings. The molecular formula is C12H23N3O2. The highest BCUT2D eigenvalue weighted by molar-refractivity contribution is 5.81. The van der Waals surface area contributed by atoms with E-state index in [9.17, 15) is 9.59 Å². The fourth-order valence-electron chi connectivity index (χ4n) is 1.99. The summed E-state index contributed by atoms with van der Waals surface area (Å²) >= 11 is 0. The van der Waals surface area contributed by atoms with Gasteiger partial charge in [0, 0.05) is 26.1 Å². The Hall–Kier alpha value is -1.26. The topological polar surface area (TPSA) is 61.4 Å². The lowest BCUT2D eigenvalue weighted by Gasteiger charge is -2.26. The van der Waals surface area contributed by atoms with Gasteiger partial charge in [-0.05, 0) is 12.3 Å². The smallest absolute Gasteiger partial charge is 0.315 e. The summed E-state index contributed by atoms with van der Waals surface area (Å²) < 4.78 is 0. The lowest BCUT2D eigenvalue weighted by atomic mass is 9.96. The summed E-state index contributed by atoms with van der Waals surface area (Å²) in [4.78, 5) is 24.9. The second-order valence-corrected chi connectivity index (χ2v) is 5.74. The summed E-state index contributed by atoms with van der Waals surface area (Å²) in [7, 11) is 0. The number of nitrogens with zero attached hydrogens (tertiary/aromatic N) is 1. The van der Waals surface area contributed by atoms with E-state index >= 15 is 0 Å². The van der Waals surface area contributed by atoms with Crippen molar-refractivity contribution in [3.63, 3.8) is 0 Å². The van der Waals surface area contributed by atoms with Crippen LogP contribution >= 0.6 is 0 Å². The molecule has 0 saturated carbocycles. The summed E-state index contributed by atoms with van der Waals surface area (Å²) in [5.41, 5.74) is 0.0935. The molecule has 98 valence electrons. The van der Waals surface area contributed by atoms with Crippen LogP contribution in [0.3, 0.4) is 0 Å². The molecule has 0 aromatic heterocycles. The molecule has 0 spiro atoms. The summed E-state index contributed by atoms with van der Waals surface area (Å²) in [5.74, 6) is 0.127. The maximum atomic E-state index is 11.8. The van der Waals surface area contributed by atoms with Gasteiger partial charge in [0.2, 0.25) is 5.91 Å². The van der Waals surface area contributed by atoms with Crippen LogP contribution in [-0.2, 0) is 4.79 Å². The summed E-state index contributed by atoms with van der Waals surface area (Å²) in [5, 5.41) is 5.48. The van der Waals surface area contributed by atoms with Crippen molar-refractivity contribution in [1.82, 2.24) is 15.5 Å². The molecule has 1 heterocycles. The van der Waals surface area contributed by atoms with Crippen LogP contribution in [0.4, 0.5) is 4.79 Å². The molecule has 0 aromatic carbocycles. The molecule has 1 atom stereocenters. The highest BCUT2D eigenvalue weighted by Gasteiger charge is 2.32. The van der Waals surface area contributed by atoms with Crippen LogP contribution in [0, 0.1) is 5.41 Å². The second kappa shape index (κ2) is 5.38. The lowest BCUT2D eigenvalue weighted by Crippen LogP contribution is -2.43. The van der Waals surface area contributed by atoms with Crippen molar-refractivity contribution in [3.05, 3.63) is 0 Å². The molecule has 5 heteroatoms. The molecule has 1 aliphatic heterocycles. The first-order valence-corrected chi connectivity index (χ1v) is 6.14. The van der Waals surface area contributed by atoms with E-state index in [1.165, 1.54) is 0 Å². The van der Waals surface area contributed by atoms with Crippen LogP contribution in [0.1, 0.15) is 34.1 Å². The summed E-state index contributed by atoms with van der Waals surface area (Å²) in [6.45, 7) is 10.1. The van der Waals surface area contributed by atoms with Gasteiger partial charge in [-0.1, -0.05) is 20.8 Å². The first-order chi connectivity index (χ1) is 7.81. The molecule has 0 bridgehead atoms.